The van der Waals surface area contributed by atoms with Crippen molar-refractivity contribution >= 4 is 5.78 Å². The second kappa shape index (κ2) is 5.84. The monoisotopic (exact) mass is 295 g/mol. The lowest BCUT2D eigenvalue weighted by Gasteiger charge is -2.44. The van der Waals surface area contributed by atoms with Crippen LogP contribution < -0.4 is 0 Å². The zero-order chi connectivity index (χ0) is 15.8. The molecule has 2 nitrogen and oxygen atoms in total. The third kappa shape index (κ3) is 2.73. The summed E-state index contributed by atoms with van der Waals surface area (Å²) in [6, 6.07) is 2.55. The zero-order valence-corrected chi connectivity index (χ0v) is 13.2. The number of carbonyl (C=O) groups is 1. The molecule has 0 spiro atoms. The predicted octanol–water partition coefficient (Wildman–Crippen LogP) is 3.97. The fourth-order valence-electron chi connectivity index (χ4n) is 3.44. The van der Waals surface area contributed by atoms with Crippen LogP contribution in [0, 0.1) is 24.5 Å². The number of hydrogen-bond acceptors (Lipinski definition) is 2. The van der Waals surface area contributed by atoms with Crippen molar-refractivity contribution in [2.24, 2.45) is 5.92 Å². The first kappa shape index (κ1) is 16.1. The topological polar surface area (TPSA) is 20.3 Å². The van der Waals surface area contributed by atoms with Crippen molar-refractivity contribution < 1.29 is 13.6 Å². The molecule has 1 aromatic carbocycles. The average Bonchev–Trinajstić information content (AvgIpc) is 2.43. The molecule has 0 saturated heterocycles. The number of halogens is 2. The summed E-state index contributed by atoms with van der Waals surface area (Å²) in [6.07, 6.45) is 3.25. The molecule has 0 heterocycles. The Morgan fingerprint density at radius 2 is 2.00 bits per heavy atom. The summed E-state index contributed by atoms with van der Waals surface area (Å²) in [5.74, 6) is -1.53. The van der Waals surface area contributed by atoms with Crippen LogP contribution in [0.15, 0.2) is 12.1 Å². The molecule has 0 aromatic heterocycles. The summed E-state index contributed by atoms with van der Waals surface area (Å²) in [5.41, 5.74) is -0.872. The van der Waals surface area contributed by atoms with Gasteiger partial charge in [-0.25, -0.2) is 8.78 Å². The Bertz CT molecular complexity index is 556. The van der Waals surface area contributed by atoms with E-state index >= 15 is 0 Å². The van der Waals surface area contributed by atoms with Gasteiger partial charge in [0.1, 0.15) is 11.6 Å². The van der Waals surface area contributed by atoms with E-state index in [1.54, 1.807) is 6.92 Å². The van der Waals surface area contributed by atoms with Gasteiger partial charge in [0.2, 0.25) is 0 Å². The molecule has 1 aliphatic carbocycles. The summed E-state index contributed by atoms with van der Waals surface area (Å²) in [4.78, 5) is 14.8. The summed E-state index contributed by atoms with van der Waals surface area (Å²) < 4.78 is 28.4. The van der Waals surface area contributed by atoms with Crippen molar-refractivity contribution in [1.29, 1.82) is 0 Å². The van der Waals surface area contributed by atoms with Crippen LogP contribution in [0.3, 0.4) is 0 Å². The molecule has 1 saturated carbocycles. The zero-order valence-electron chi connectivity index (χ0n) is 13.2. The number of aryl methyl sites for hydroxylation is 1. The number of Topliss-reactive ketones (excluding diaryl/α,β-unsaturated/α-hetero) is 1. The van der Waals surface area contributed by atoms with Crippen LogP contribution in [0.1, 0.15) is 48.5 Å². The van der Waals surface area contributed by atoms with Crippen LogP contribution in [0.2, 0.25) is 0 Å². The number of rotatable bonds is 3. The molecule has 0 N–H and O–H groups in total. The molecular weight excluding hydrogens is 272 g/mol. The maximum absolute atomic E-state index is 14.3. The van der Waals surface area contributed by atoms with Crippen molar-refractivity contribution in [3.05, 3.63) is 34.9 Å². The largest absolute Gasteiger partial charge is 0.297 e. The lowest BCUT2D eigenvalue weighted by Crippen LogP contribution is -2.54. The number of carbonyl (C=O) groups excluding carboxylic acids is 1. The SMILES string of the molecule is Cc1ccc(F)c(C(=O)C2(N(C)C)CCCC(C)C2)c1F. The van der Waals surface area contributed by atoms with Crippen LogP contribution in [0.4, 0.5) is 8.78 Å². The first-order valence-electron chi connectivity index (χ1n) is 7.46. The van der Waals surface area contributed by atoms with Gasteiger partial charge in [-0.3, -0.25) is 9.69 Å². The van der Waals surface area contributed by atoms with E-state index in [2.05, 4.69) is 6.92 Å². The maximum atomic E-state index is 14.3. The third-order valence-corrected chi connectivity index (χ3v) is 4.76. The van der Waals surface area contributed by atoms with Gasteiger partial charge in [0.25, 0.3) is 0 Å². The maximum Gasteiger partial charge on any atom is 0.188 e. The van der Waals surface area contributed by atoms with E-state index in [1.165, 1.54) is 12.1 Å². The lowest BCUT2D eigenvalue weighted by atomic mass is 9.71. The van der Waals surface area contributed by atoms with E-state index in [-0.39, 0.29) is 5.56 Å². The quantitative estimate of drug-likeness (QED) is 0.787. The van der Waals surface area contributed by atoms with Crippen molar-refractivity contribution in [1.82, 2.24) is 4.90 Å². The molecule has 0 amide bonds. The molecular formula is C17H23F2NO. The first-order chi connectivity index (χ1) is 9.79. The van der Waals surface area contributed by atoms with Crippen LogP contribution in [0.5, 0.6) is 0 Å². The van der Waals surface area contributed by atoms with Crippen LogP contribution in [-0.4, -0.2) is 30.3 Å². The number of nitrogens with zero attached hydrogens (tertiary/aromatic N) is 1. The fraction of sp³-hybridized carbons (Fsp3) is 0.588. The van der Waals surface area contributed by atoms with E-state index < -0.39 is 23.0 Å². The molecule has 2 unspecified atom stereocenters. The van der Waals surface area contributed by atoms with Gasteiger partial charge in [-0.1, -0.05) is 25.8 Å². The summed E-state index contributed by atoms with van der Waals surface area (Å²) in [6.45, 7) is 3.64. The lowest BCUT2D eigenvalue weighted by molar-refractivity contribution is 0.0477. The Balaban J connectivity index is 2.52. The van der Waals surface area contributed by atoms with Crippen LogP contribution >= 0.6 is 0 Å². The van der Waals surface area contributed by atoms with E-state index in [0.717, 1.165) is 12.8 Å². The highest BCUT2D eigenvalue weighted by Crippen LogP contribution is 2.39. The van der Waals surface area contributed by atoms with Crippen molar-refractivity contribution in [3.8, 4) is 0 Å². The Kier molecular flexibility index (Phi) is 4.47. The van der Waals surface area contributed by atoms with Gasteiger partial charge in [0.05, 0.1) is 11.1 Å². The highest BCUT2D eigenvalue weighted by molar-refractivity contribution is 6.04. The molecule has 0 aliphatic heterocycles. The highest BCUT2D eigenvalue weighted by Gasteiger charge is 2.45. The second-order valence-electron chi connectivity index (χ2n) is 6.51. The van der Waals surface area contributed by atoms with E-state index in [4.69, 9.17) is 0 Å². The van der Waals surface area contributed by atoms with Crippen LogP contribution in [-0.2, 0) is 0 Å². The molecule has 1 aliphatic rings. The Morgan fingerprint density at radius 1 is 1.33 bits per heavy atom. The van der Waals surface area contributed by atoms with Gasteiger partial charge in [-0.2, -0.15) is 0 Å². The normalized spacial score (nSPS) is 26.1. The number of likely N-dealkylation sites (N-methyl/N-ethyl adjacent to an activating group) is 1. The van der Waals surface area contributed by atoms with Crippen molar-refractivity contribution in [3.63, 3.8) is 0 Å². The summed E-state index contributed by atoms with van der Waals surface area (Å²) in [5, 5.41) is 0. The minimum Gasteiger partial charge on any atom is -0.297 e. The average molecular weight is 295 g/mol. The molecule has 4 heteroatoms. The van der Waals surface area contributed by atoms with Gasteiger partial charge < -0.3 is 0 Å². The van der Waals surface area contributed by atoms with Gasteiger partial charge in [-0.15, -0.1) is 0 Å². The minimum absolute atomic E-state index is 0.303. The Hall–Kier alpha value is -1.29. The van der Waals surface area contributed by atoms with E-state index in [0.29, 0.717) is 24.3 Å². The fourth-order valence-corrected chi connectivity index (χ4v) is 3.44. The van der Waals surface area contributed by atoms with Gasteiger partial charge in [0.15, 0.2) is 5.78 Å². The second-order valence-corrected chi connectivity index (χ2v) is 6.51. The minimum atomic E-state index is -0.798. The van der Waals surface area contributed by atoms with E-state index in [1.807, 2.05) is 19.0 Å². The molecule has 2 rings (SSSR count). The molecule has 1 aromatic rings. The molecule has 2 atom stereocenters. The number of ketones is 1. The molecule has 116 valence electrons. The highest BCUT2D eigenvalue weighted by atomic mass is 19.1. The van der Waals surface area contributed by atoms with Gasteiger partial charge >= 0.3 is 0 Å². The Morgan fingerprint density at radius 3 is 2.57 bits per heavy atom. The van der Waals surface area contributed by atoms with Gasteiger partial charge in [0, 0.05) is 0 Å². The third-order valence-electron chi connectivity index (χ3n) is 4.76. The molecule has 0 bridgehead atoms. The molecule has 1 fully saturated rings. The van der Waals surface area contributed by atoms with E-state index in [9.17, 15) is 13.6 Å². The predicted molar refractivity (Wildman–Crippen MR) is 79.5 cm³/mol. The van der Waals surface area contributed by atoms with Crippen molar-refractivity contribution in [2.45, 2.75) is 45.1 Å². The molecule has 0 radical (unpaired) electrons. The van der Waals surface area contributed by atoms with Crippen LogP contribution in [0.25, 0.3) is 0 Å². The first-order valence-corrected chi connectivity index (χ1v) is 7.46. The van der Waals surface area contributed by atoms with Gasteiger partial charge in [-0.05, 0) is 51.4 Å². The van der Waals surface area contributed by atoms with Crippen molar-refractivity contribution in [2.75, 3.05) is 14.1 Å². The summed E-state index contributed by atoms with van der Waals surface area (Å²) in [7, 11) is 3.64. The standard InChI is InChI=1S/C17H23F2NO/c1-11-6-5-9-17(10-11,20(3)4)16(21)14-13(18)8-7-12(2)15(14)19/h7-8,11H,5-6,9-10H2,1-4H3. The molecule has 21 heavy (non-hydrogen) atoms. The Labute approximate surface area is 125 Å². The number of hydrogen-bond donors (Lipinski definition) is 0. The summed E-state index contributed by atoms with van der Waals surface area (Å²) >= 11 is 0. The smallest absolute Gasteiger partial charge is 0.188 e. The number of benzene rings is 1.